The summed E-state index contributed by atoms with van der Waals surface area (Å²) in [6.07, 6.45) is 0.687. The molecule has 8 heteroatoms. The minimum Gasteiger partial charge on any atom is -0.385 e. The van der Waals surface area contributed by atoms with Crippen LogP contribution in [0.1, 0.15) is 16.8 Å². The molecule has 1 aromatic carbocycles. The van der Waals surface area contributed by atoms with Gasteiger partial charge in [0, 0.05) is 41.4 Å². The predicted octanol–water partition coefficient (Wildman–Crippen LogP) is 1.70. The van der Waals surface area contributed by atoms with Gasteiger partial charge < -0.3 is 9.64 Å². The van der Waals surface area contributed by atoms with Gasteiger partial charge in [-0.05, 0) is 24.6 Å². The summed E-state index contributed by atoms with van der Waals surface area (Å²) < 4.78 is 30.3. The third-order valence-corrected chi connectivity index (χ3v) is 5.28. The molecule has 0 fully saturated rings. The first kappa shape index (κ1) is 18.9. The largest absolute Gasteiger partial charge is 0.385 e. The topological polar surface area (TPSA) is 66.9 Å². The molecule has 0 radical (unpaired) electrons. The summed E-state index contributed by atoms with van der Waals surface area (Å²) in [4.78, 5) is 13.9. The maximum absolute atomic E-state index is 12.4. The lowest BCUT2D eigenvalue weighted by Crippen LogP contribution is -2.29. The van der Waals surface area contributed by atoms with E-state index < -0.39 is 10.0 Å². The molecule has 0 N–H and O–H groups in total. The molecule has 0 unspecified atom stereocenters. The van der Waals surface area contributed by atoms with Crippen LogP contribution in [0.3, 0.4) is 0 Å². The quantitative estimate of drug-likeness (QED) is 0.703. The van der Waals surface area contributed by atoms with Gasteiger partial charge in [0.1, 0.15) is 0 Å². The van der Waals surface area contributed by atoms with Crippen LogP contribution < -0.4 is 0 Å². The van der Waals surface area contributed by atoms with Crippen LogP contribution in [0.25, 0.3) is 0 Å². The second-order valence-electron chi connectivity index (χ2n) is 5.00. The number of methoxy groups -OCH3 is 1. The monoisotopic (exact) mass is 348 g/mol. The molecule has 0 aromatic heterocycles. The number of amides is 1. The SMILES string of the molecule is COCCCN(C)C(=O)c1cc(S(=O)(=O)N(C)C)ccc1Cl. The first-order valence-electron chi connectivity index (χ1n) is 6.68. The lowest BCUT2D eigenvalue weighted by atomic mass is 10.2. The van der Waals surface area contributed by atoms with E-state index in [4.69, 9.17) is 16.3 Å². The molecule has 0 saturated heterocycles. The number of benzene rings is 1. The predicted molar refractivity (Wildman–Crippen MR) is 85.8 cm³/mol. The first-order chi connectivity index (χ1) is 10.2. The number of halogens is 1. The number of carbonyl (C=O) groups is 1. The van der Waals surface area contributed by atoms with Gasteiger partial charge in [-0.2, -0.15) is 0 Å². The molecule has 0 spiro atoms. The van der Waals surface area contributed by atoms with Crippen LogP contribution >= 0.6 is 11.6 Å². The Morgan fingerprint density at radius 1 is 1.27 bits per heavy atom. The normalized spacial score (nSPS) is 11.7. The Morgan fingerprint density at radius 2 is 1.91 bits per heavy atom. The zero-order valence-electron chi connectivity index (χ0n) is 13.2. The highest BCUT2D eigenvalue weighted by Crippen LogP contribution is 2.23. The Bertz CT molecular complexity index is 632. The van der Waals surface area contributed by atoms with Crippen molar-refractivity contribution in [3.05, 3.63) is 28.8 Å². The smallest absolute Gasteiger partial charge is 0.255 e. The highest BCUT2D eigenvalue weighted by molar-refractivity contribution is 7.89. The van der Waals surface area contributed by atoms with Gasteiger partial charge in [-0.1, -0.05) is 11.6 Å². The summed E-state index contributed by atoms with van der Waals surface area (Å²) in [5.74, 6) is -0.322. The van der Waals surface area contributed by atoms with E-state index >= 15 is 0 Å². The maximum Gasteiger partial charge on any atom is 0.255 e. The van der Waals surface area contributed by atoms with Crippen LogP contribution in [-0.4, -0.2) is 64.9 Å². The van der Waals surface area contributed by atoms with E-state index in [2.05, 4.69) is 0 Å². The average molecular weight is 349 g/mol. The highest BCUT2D eigenvalue weighted by Gasteiger charge is 2.22. The van der Waals surface area contributed by atoms with Crippen LogP contribution in [0.5, 0.6) is 0 Å². The first-order valence-corrected chi connectivity index (χ1v) is 8.50. The van der Waals surface area contributed by atoms with Crippen molar-refractivity contribution >= 4 is 27.5 Å². The molecular formula is C14H21ClN2O4S. The lowest BCUT2D eigenvalue weighted by Gasteiger charge is -2.19. The van der Waals surface area contributed by atoms with Crippen molar-refractivity contribution in [2.24, 2.45) is 0 Å². The molecule has 0 aliphatic rings. The number of hydrogen-bond donors (Lipinski definition) is 0. The fourth-order valence-electron chi connectivity index (χ4n) is 1.79. The number of hydrogen-bond acceptors (Lipinski definition) is 4. The molecule has 0 bridgehead atoms. The Kier molecular flexibility index (Phi) is 6.80. The summed E-state index contributed by atoms with van der Waals surface area (Å²) in [6.45, 7) is 1.04. The highest BCUT2D eigenvalue weighted by atomic mass is 35.5. The molecular weight excluding hydrogens is 328 g/mol. The number of sulfonamides is 1. The molecule has 0 atom stereocenters. The van der Waals surface area contributed by atoms with Crippen LogP contribution in [-0.2, 0) is 14.8 Å². The van der Waals surface area contributed by atoms with Crippen molar-refractivity contribution in [3.8, 4) is 0 Å². The van der Waals surface area contributed by atoms with Gasteiger partial charge in [0.25, 0.3) is 5.91 Å². The summed E-state index contributed by atoms with van der Waals surface area (Å²) in [5.41, 5.74) is 0.171. The fraction of sp³-hybridized carbons (Fsp3) is 0.500. The molecule has 1 aromatic rings. The van der Waals surface area contributed by atoms with Crippen LogP contribution in [0.2, 0.25) is 5.02 Å². The molecule has 0 aliphatic heterocycles. The van der Waals surface area contributed by atoms with Gasteiger partial charge in [0.2, 0.25) is 10.0 Å². The van der Waals surface area contributed by atoms with Gasteiger partial charge in [-0.3, -0.25) is 4.79 Å². The number of carbonyl (C=O) groups excluding carboxylic acids is 1. The van der Waals surface area contributed by atoms with Crippen molar-refractivity contribution in [3.63, 3.8) is 0 Å². The van der Waals surface area contributed by atoms with Gasteiger partial charge >= 0.3 is 0 Å². The van der Waals surface area contributed by atoms with Gasteiger partial charge in [0.15, 0.2) is 0 Å². The zero-order chi connectivity index (χ0) is 16.9. The third kappa shape index (κ3) is 4.42. The van der Waals surface area contributed by atoms with Gasteiger partial charge in [0.05, 0.1) is 15.5 Å². The van der Waals surface area contributed by atoms with E-state index in [1.165, 1.54) is 37.2 Å². The van der Waals surface area contributed by atoms with Crippen molar-refractivity contribution in [1.29, 1.82) is 0 Å². The minimum atomic E-state index is -3.61. The number of nitrogens with zero attached hydrogens (tertiary/aromatic N) is 2. The van der Waals surface area contributed by atoms with Crippen molar-refractivity contribution < 1.29 is 17.9 Å². The van der Waals surface area contributed by atoms with Crippen molar-refractivity contribution in [1.82, 2.24) is 9.21 Å². The van der Waals surface area contributed by atoms with Crippen molar-refractivity contribution in [2.45, 2.75) is 11.3 Å². The second-order valence-corrected chi connectivity index (χ2v) is 7.56. The third-order valence-electron chi connectivity index (χ3n) is 3.14. The molecule has 124 valence electrons. The number of ether oxygens (including phenoxy) is 1. The molecule has 1 amide bonds. The average Bonchev–Trinajstić information content (AvgIpc) is 2.46. The van der Waals surface area contributed by atoms with E-state index in [0.29, 0.717) is 19.6 Å². The second kappa shape index (κ2) is 7.92. The summed E-state index contributed by atoms with van der Waals surface area (Å²) >= 11 is 6.05. The standard InChI is InChI=1S/C14H21ClN2O4S/c1-16(2)22(19,20)11-6-7-13(15)12(10-11)14(18)17(3)8-5-9-21-4/h6-7,10H,5,8-9H2,1-4H3. The molecule has 0 aliphatic carbocycles. The van der Waals surface area contributed by atoms with E-state index in [1.807, 2.05) is 0 Å². The Morgan fingerprint density at radius 3 is 2.45 bits per heavy atom. The molecule has 0 heterocycles. The van der Waals surface area contributed by atoms with E-state index in [-0.39, 0.29) is 21.4 Å². The van der Waals surface area contributed by atoms with Gasteiger partial charge in [-0.25, -0.2) is 12.7 Å². The Hall–Kier alpha value is -1.15. The van der Waals surface area contributed by atoms with E-state index in [9.17, 15) is 13.2 Å². The maximum atomic E-state index is 12.4. The van der Waals surface area contributed by atoms with Crippen LogP contribution in [0.15, 0.2) is 23.1 Å². The van der Waals surface area contributed by atoms with E-state index in [0.717, 1.165) is 4.31 Å². The lowest BCUT2D eigenvalue weighted by molar-refractivity contribution is 0.0779. The van der Waals surface area contributed by atoms with Gasteiger partial charge in [-0.15, -0.1) is 0 Å². The van der Waals surface area contributed by atoms with E-state index in [1.54, 1.807) is 14.2 Å². The molecule has 0 saturated carbocycles. The Labute approximate surface area is 136 Å². The van der Waals surface area contributed by atoms with Crippen molar-refractivity contribution in [2.75, 3.05) is 41.4 Å². The molecule has 6 nitrogen and oxygen atoms in total. The fourth-order valence-corrected chi connectivity index (χ4v) is 2.92. The summed E-state index contributed by atoms with van der Waals surface area (Å²) in [6, 6.07) is 4.13. The molecule has 1 rings (SSSR count). The minimum absolute atomic E-state index is 0.0375. The van der Waals surface area contributed by atoms with Crippen LogP contribution in [0.4, 0.5) is 0 Å². The zero-order valence-corrected chi connectivity index (χ0v) is 14.7. The summed E-state index contributed by atoms with van der Waals surface area (Å²) in [5, 5.41) is 0.223. The Balaban J connectivity index is 3.07. The van der Waals surface area contributed by atoms with Crippen LogP contribution in [0, 0.1) is 0 Å². The summed E-state index contributed by atoms with van der Waals surface area (Å²) in [7, 11) is 2.49. The molecule has 22 heavy (non-hydrogen) atoms. The number of rotatable bonds is 7.